The Morgan fingerprint density at radius 1 is 0.853 bits per heavy atom. The van der Waals surface area contributed by atoms with Gasteiger partial charge in [-0.1, -0.05) is 6.42 Å². The van der Waals surface area contributed by atoms with Gasteiger partial charge in [-0.15, -0.1) is 0 Å². The molecule has 0 aliphatic carbocycles. The van der Waals surface area contributed by atoms with Crippen LogP contribution in [0.15, 0.2) is 41.3 Å². The van der Waals surface area contributed by atoms with Crippen LogP contribution in [0.1, 0.15) is 19.3 Å². The molecule has 2 aromatic rings. The Balaban J connectivity index is 1.62. The quantitative estimate of drug-likeness (QED) is 0.666. The lowest BCUT2D eigenvalue weighted by atomic mass is 10.2. The van der Waals surface area contributed by atoms with Crippen LogP contribution in [0, 0.1) is 11.6 Å². The van der Waals surface area contributed by atoms with E-state index in [-0.39, 0.29) is 10.6 Å². The number of halogens is 2. The number of urea groups is 1. The average Bonchev–Trinajstić information content (AvgIpc) is 2.82. The normalized spacial score (nSPS) is 18.0. The Morgan fingerprint density at radius 3 is 2.21 bits per heavy atom. The highest BCUT2D eigenvalue weighted by atomic mass is 32.2. The molecule has 8 nitrogen and oxygen atoms in total. The molecule has 0 spiro atoms. The number of piperazine rings is 1. The maximum atomic E-state index is 14.0. The number of anilines is 3. The SMILES string of the molecule is CN1CCN(c2ccc(S(=O)(=O)N3CCCCC3)cc2NC(=O)Nc2ccc(F)cc2F)CC1. The summed E-state index contributed by atoms with van der Waals surface area (Å²) in [6, 6.07) is 6.82. The van der Waals surface area contributed by atoms with E-state index >= 15 is 0 Å². The summed E-state index contributed by atoms with van der Waals surface area (Å²) in [7, 11) is -1.69. The number of amides is 2. The van der Waals surface area contributed by atoms with Crippen LogP contribution in [-0.4, -0.2) is 70.0 Å². The van der Waals surface area contributed by atoms with Crippen molar-refractivity contribution >= 4 is 33.1 Å². The fraction of sp³-hybridized carbons (Fsp3) is 0.435. The number of nitrogens with zero attached hydrogens (tertiary/aromatic N) is 3. The third-order valence-electron chi connectivity index (χ3n) is 6.19. The second kappa shape index (κ2) is 10.2. The number of hydrogen-bond acceptors (Lipinski definition) is 5. The highest BCUT2D eigenvalue weighted by molar-refractivity contribution is 7.89. The third kappa shape index (κ3) is 5.48. The van der Waals surface area contributed by atoms with Gasteiger partial charge in [0, 0.05) is 45.3 Å². The van der Waals surface area contributed by atoms with Crippen LogP contribution in [0.4, 0.5) is 30.6 Å². The zero-order valence-corrected chi connectivity index (χ0v) is 19.9. The molecule has 34 heavy (non-hydrogen) atoms. The predicted octanol–water partition coefficient (Wildman–Crippen LogP) is 3.54. The van der Waals surface area contributed by atoms with E-state index in [0.717, 1.165) is 44.5 Å². The average molecular weight is 494 g/mol. The Kier molecular flexibility index (Phi) is 7.34. The summed E-state index contributed by atoms with van der Waals surface area (Å²) in [5.41, 5.74) is 0.806. The van der Waals surface area contributed by atoms with Crippen molar-refractivity contribution < 1.29 is 22.0 Å². The number of nitrogens with one attached hydrogen (secondary N) is 2. The van der Waals surface area contributed by atoms with E-state index in [1.807, 2.05) is 7.05 Å². The lowest BCUT2D eigenvalue weighted by Gasteiger charge is -2.35. The van der Waals surface area contributed by atoms with Gasteiger partial charge in [-0.25, -0.2) is 22.0 Å². The molecule has 2 heterocycles. The highest BCUT2D eigenvalue weighted by Crippen LogP contribution is 2.32. The van der Waals surface area contributed by atoms with Crippen molar-refractivity contribution in [1.82, 2.24) is 9.21 Å². The first-order valence-electron chi connectivity index (χ1n) is 11.3. The van der Waals surface area contributed by atoms with Crippen molar-refractivity contribution in [2.24, 2.45) is 0 Å². The molecule has 2 N–H and O–H groups in total. The number of hydrogen-bond donors (Lipinski definition) is 2. The summed E-state index contributed by atoms with van der Waals surface area (Å²) in [4.78, 5) is 17.1. The van der Waals surface area contributed by atoms with Crippen LogP contribution >= 0.6 is 0 Å². The third-order valence-corrected chi connectivity index (χ3v) is 8.09. The molecule has 0 aromatic heterocycles. The molecule has 4 rings (SSSR count). The van der Waals surface area contributed by atoms with Gasteiger partial charge in [0.05, 0.1) is 22.0 Å². The van der Waals surface area contributed by atoms with E-state index in [1.54, 1.807) is 12.1 Å². The molecule has 11 heteroatoms. The van der Waals surface area contributed by atoms with E-state index in [2.05, 4.69) is 20.4 Å². The Bertz CT molecular complexity index is 1150. The molecule has 0 bridgehead atoms. The predicted molar refractivity (Wildman–Crippen MR) is 128 cm³/mol. The van der Waals surface area contributed by atoms with Crippen LogP contribution in [0.3, 0.4) is 0 Å². The topological polar surface area (TPSA) is 85.0 Å². The number of carbonyl (C=O) groups excluding carboxylic acids is 1. The first-order valence-corrected chi connectivity index (χ1v) is 12.8. The summed E-state index contributed by atoms with van der Waals surface area (Å²) in [5.74, 6) is -1.66. The molecule has 2 fully saturated rings. The molecular weight excluding hydrogens is 464 g/mol. The summed E-state index contributed by atoms with van der Waals surface area (Å²) < 4.78 is 55.1. The van der Waals surface area contributed by atoms with Crippen LogP contribution in [0.25, 0.3) is 0 Å². The standard InChI is InChI=1S/C23H29F2N5O3S/c1-28-11-13-29(14-12-28)22-8-6-18(34(32,33)30-9-3-2-4-10-30)16-21(22)27-23(31)26-20-7-5-17(24)15-19(20)25/h5-8,15-16H,2-4,9-14H2,1H3,(H2,26,27,31). The van der Waals surface area contributed by atoms with Crippen molar-refractivity contribution in [1.29, 1.82) is 0 Å². The van der Waals surface area contributed by atoms with Gasteiger partial charge in [0.1, 0.15) is 11.6 Å². The fourth-order valence-corrected chi connectivity index (χ4v) is 5.76. The van der Waals surface area contributed by atoms with E-state index in [9.17, 15) is 22.0 Å². The Hall–Kier alpha value is -2.76. The van der Waals surface area contributed by atoms with Crippen molar-refractivity contribution in [2.45, 2.75) is 24.2 Å². The number of sulfonamides is 1. The zero-order chi connectivity index (χ0) is 24.3. The van der Waals surface area contributed by atoms with Gasteiger partial charge >= 0.3 is 6.03 Å². The molecule has 0 unspecified atom stereocenters. The lowest BCUT2D eigenvalue weighted by Crippen LogP contribution is -2.44. The van der Waals surface area contributed by atoms with Crippen molar-refractivity contribution in [3.05, 3.63) is 48.0 Å². The fourth-order valence-electron chi connectivity index (χ4n) is 4.22. The van der Waals surface area contributed by atoms with Crippen molar-refractivity contribution in [2.75, 3.05) is 61.8 Å². The van der Waals surface area contributed by atoms with Gasteiger partial charge in [-0.3, -0.25) is 0 Å². The van der Waals surface area contributed by atoms with Gasteiger partial charge in [-0.2, -0.15) is 4.31 Å². The number of piperidine rings is 1. The van der Waals surface area contributed by atoms with Gasteiger partial charge < -0.3 is 20.4 Å². The number of carbonyl (C=O) groups is 1. The van der Waals surface area contributed by atoms with Gasteiger partial charge in [-0.05, 0) is 50.2 Å². The molecule has 2 aromatic carbocycles. The monoisotopic (exact) mass is 493 g/mol. The summed E-state index contributed by atoms with van der Waals surface area (Å²) in [6.07, 6.45) is 2.63. The molecule has 0 saturated carbocycles. The minimum atomic E-state index is -3.71. The molecule has 2 amide bonds. The first kappa shape index (κ1) is 24.4. The molecule has 2 aliphatic heterocycles. The largest absolute Gasteiger partial charge is 0.367 e. The minimum Gasteiger partial charge on any atom is -0.367 e. The molecular formula is C23H29F2N5O3S. The van der Waals surface area contributed by atoms with Crippen LogP contribution in [-0.2, 0) is 10.0 Å². The van der Waals surface area contributed by atoms with Gasteiger partial charge in [0.2, 0.25) is 10.0 Å². The second-order valence-electron chi connectivity index (χ2n) is 8.64. The molecule has 0 atom stereocenters. The van der Waals surface area contributed by atoms with Crippen LogP contribution < -0.4 is 15.5 Å². The molecule has 2 saturated heterocycles. The summed E-state index contributed by atoms with van der Waals surface area (Å²) >= 11 is 0. The smallest absolute Gasteiger partial charge is 0.323 e. The Morgan fingerprint density at radius 2 is 1.53 bits per heavy atom. The van der Waals surface area contributed by atoms with Crippen molar-refractivity contribution in [3.63, 3.8) is 0 Å². The first-order chi connectivity index (χ1) is 16.2. The van der Waals surface area contributed by atoms with E-state index in [1.165, 1.54) is 10.4 Å². The lowest BCUT2D eigenvalue weighted by molar-refractivity contribution is 0.262. The molecule has 2 aliphatic rings. The molecule has 184 valence electrons. The summed E-state index contributed by atoms with van der Waals surface area (Å²) in [6.45, 7) is 3.99. The number of likely N-dealkylation sites (N-methyl/N-ethyl adjacent to an activating group) is 1. The Labute approximate surface area is 198 Å². The van der Waals surface area contributed by atoms with Crippen molar-refractivity contribution in [3.8, 4) is 0 Å². The molecule has 0 radical (unpaired) electrons. The summed E-state index contributed by atoms with van der Waals surface area (Å²) in [5, 5.41) is 5.04. The van der Waals surface area contributed by atoms with E-state index in [0.29, 0.717) is 43.6 Å². The second-order valence-corrected chi connectivity index (χ2v) is 10.6. The number of rotatable bonds is 5. The maximum Gasteiger partial charge on any atom is 0.323 e. The van der Waals surface area contributed by atoms with Crippen LogP contribution in [0.2, 0.25) is 0 Å². The van der Waals surface area contributed by atoms with E-state index in [4.69, 9.17) is 0 Å². The highest BCUT2D eigenvalue weighted by Gasteiger charge is 2.28. The van der Waals surface area contributed by atoms with Gasteiger partial charge in [0.25, 0.3) is 0 Å². The van der Waals surface area contributed by atoms with Gasteiger partial charge in [0.15, 0.2) is 0 Å². The van der Waals surface area contributed by atoms with Crippen LogP contribution in [0.5, 0.6) is 0 Å². The minimum absolute atomic E-state index is 0.0931. The van der Waals surface area contributed by atoms with E-state index < -0.39 is 27.7 Å². The zero-order valence-electron chi connectivity index (χ0n) is 19.1. The maximum absolute atomic E-state index is 14.0. The number of benzene rings is 2.